The molecule has 1 aliphatic rings. The average Bonchev–Trinajstić information content (AvgIpc) is 3.41. The fraction of sp³-hybridized carbons (Fsp3) is 0.355. The molecule has 12 heteroatoms. The quantitative estimate of drug-likeness (QED) is 0.267. The molecule has 2 heterocycles. The summed E-state index contributed by atoms with van der Waals surface area (Å²) in [6.07, 6.45) is 5.71. The van der Waals surface area contributed by atoms with Crippen LogP contribution in [0.5, 0.6) is 5.75 Å². The van der Waals surface area contributed by atoms with Crippen LogP contribution in [0, 0.1) is 6.92 Å². The van der Waals surface area contributed by atoms with Gasteiger partial charge < -0.3 is 20.4 Å². The molecule has 1 aromatic heterocycles. The van der Waals surface area contributed by atoms with Crippen molar-refractivity contribution >= 4 is 38.7 Å². The van der Waals surface area contributed by atoms with Gasteiger partial charge in [0.15, 0.2) is 5.75 Å². The lowest BCUT2D eigenvalue weighted by molar-refractivity contribution is 0.102. The minimum absolute atomic E-state index is 0.221. The number of hydrogen-bond donors (Lipinski definition) is 4. The van der Waals surface area contributed by atoms with E-state index in [-0.39, 0.29) is 22.8 Å². The molecule has 11 nitrogen and oxygen atoms in total. The second kappa shape index (κ2) is 12.6. The Bertz CT molecular complexity index is 1630. The number of likely N-dealkylation sites (N-methyl/N-ethyl adjacent to an activating group) is 1. The first-order valence-corrected chi connectivity index (χ1v) is 15.8. The summed E-state index contributed by atoms with van der Waals surface area (Å²) in [5.41, 5.74) is 12.4. The number of rotatable bonds is 10. The first-order valence-electron chi connectivity index (χ1n) is 13.9. The Balaban J connectivity index is 1.60. The van der Waals surface area contributed by atoms with Crippen molar-refractivity contribution in [3.05, 3.63) is 82.8 Å². The molecule has 0 saturated heterocycles. The highest BCUT2D eigenvalue weighted by atomic mass is 32.2. The lowest BCUT2D eigenvalue weighted by atomic mass is 9.86. The Hall–Kier alpha value is -4.13. The Morgan fingerprint density at radius 1 is 1.09 bits per heavy atom. The molecule has 1 aliphatic heterocycles. The van der Waals surface area contributed by atoms with Gasteiger partial charge in [-0.25, -0.2) is 8.42 Å². The van der Waals surface area contributed by atoms with E-state index < -0.39 is 10.0 Å². The number of sulfonamides is 1. The van der Waals surface area contributed by atoms with Crippen molar-refractivity contribution < 1.29 is 17.9 Å². The van der Waals surface area contributed by atoms with E-state index in [0.29, 0.717) is 11.3 Å². The fourth-order valence-corrected chi connectivity index (χ4v) is 5.07. The van der Waals surface area contributed by atoms with E-state index in [2.05, 4.69) is 30.9 Å². The number of carbonyl (C=O) groups excluding carboxylic acids is 1. The Kier molecular flexibility index (Phi) is 9.33. The van der Waals surface area contributed by atoms with Gasteiger partial charge in [0.25, 0.3) is 5.91 Å². The van der Waals surface area contributed by atoms with Gasteiger partial charge in [-0.3, -0.25) is 19.5 Å². The van der Waals surface area contributed by atoms with Crippen LogP contribution in [-0.2, 0) is 21.9 Å². The highest BCUT2D eigenvalue weighted by molar-refractivity contribution is 7.92. The maximum absolute atomic E-state index is 13.5. The van der Waals surface area contributed by atoms with Crippen LogP contribution in [0.2, 0.25) is 0 Å². The summed E-state index contributed by atoms with van der Waals surface area (Å²) in [5, 5.41) is 4.75. The number of hydrogen-bond acceptors (Lipinski definition) is 9. The average molecular weight is 608 g/mol. The largest absolute Gasteiger partial charge is 0.492 e. The molecule has 0 aliphatic carbocycles. The third-order valence-electron chi connectivity index (χ3n) is 6.95. The van der Waals surface area contributed by atoms with Crippen LogP contribution in [0.1, 0.15) is 53.5 Å². The molecule has 0 saturated carbocycles. The van der Waals surface area contributed by atoms with Gasteiger partial charge in [-0.1, -0.05) is 26.8 Å². The number of nitrogens with one attached hydrogen (secondary N) is 4. The van der Waals surface area contributed by atoms with E-state index >= 15 is 0 Å². The van der Waals surface area contributed by atoms with Gasteiger partial charge in [-0.15, -0.1) is 5.53 Å². The summed E-state index contributed by atoms with van der Waals surface area (Å²) in [7, 11) is 1.92. The summed E-state index contributed by atoms with van der Waals surface area (Å²) >= 11 is 0. The number of pyridine rings is 1. The van der Waals surface area contributed by atoms with Crippen LogP contribution >= 0.6 is 0 Å². The number of aryl methyl sites for hydroxylation is 1. The lowest BCUT2D eigenvalue weighted by Gasteiger charge is -2.24. The van der Waals surface area contributed by atoms with Crippen LogP contribution in [0.25, 0.3) is 5.70 Å². The molecule has 4 N–H and O–H groups in total. The number of amides is 1. The van der Waals surface area contributed by atoms with E-state index in [4.69, 9.17) is 4.74 Å². The van der Waals surface area contributed by atoms with Gasteiger partial charge in [0, 0.05) is 42.2 Å². The van der Waals surface area contributed by atoms with Crippen LogP contribution in [-0.4, -0.2) is 58.2 Å². The Labute approximate surface area is 254 Å². The van der Waals surface area contributed by atoms with Crippen molar-refractivity contribution in [3.63, 3.8) is 0 Å². The molecule has 4 rings (SSSR count). The SMILES string of the molecule is COc1c(NC(=O)c2ccc(C)c(N3C=C(c4ccc(CCN(C)C)nc4)NN3)c2)cc(C(C)(C)C)cc1NS(C)(=O)=O. The predicted molar refractivity (Wildman–Crippen MR) is 173 cm³/mol. The second-order valence-electron chi connectivity index (χ2n) is 11.9. The summed E-state index contributed by atoms with van der Waals surface area (Å²) < 4.78 is 32.2. The minimum atomic E-state index is -3.59. The van der Waals surface area contributed by atoms with E-state index in [1.165, 1.54) is 7.11 Å². The molecule has 43 heavy (non-hydrogen) atoms. The van der Waals surface area contributed by atoms with Gasteiger partial charge in [0.2, 0.25) is 10.0 Å². The molecule has 230 valence electrons. The Morgan fingerprint density at radius 2 is 1.81 bits per heavy atom. The third-order valence-corrected chi connectivity index (χ3v) is 7.54. The summed E-state index contributed by atoms with van der Waals surface area (Å²) in [6, 6.07) is 13.0. The van der Waals surface area contributed by atoms with Gasteiger partial charge in [-0.05, 0) is 74.0 Å². The predicted octanol–water partition coefficient (Wildman–Crippen LogP) is 4.25. The zero-order valence-electron chi connectivity index (χ0n) is 26.0. The first-order chi connectivity index (χ1) is 20.1. The summed E-state index contributed by atoms with van der Waals surface area (Å²) in [4.78, 5) is 20.3. The van der Waals surface area contributed by atoms with Crippen molar-refractivity contribution in [1.29, 1.82) is 0 Å². The molecule has 3 aromatic rings. The number of aromatic nitrogens is 1. The smallest absolute Gasteiger partial charge is 0.255 e. The van der Waals surface area contributed by atoms with E-state index in [1.54, 1.807) is 24.3 Å². The van der Waals surface area contributed by atoms with E-state index in [9.17, 15) is 13.2 Å². The molecular weight excluding hydrogens is 566 g/mol. The van der Waals surface area contributed by atoms with Crippen LogP contribution in [0.3, 0.4) is 0 Å². The topological polar surface area (TPSA) is 128 Å². The molecule has 0 radical (unpaired) electrons. The number of carbonyl (C=O) groups is 1. The summed E-state index contributed by atoms with van der Waals surface area (Å²) in [5.74, 6) is -0.150. The van der Waals surface area contributed by atoms with Crippen molar-refractivity contribution in [2.24, 2.45) is 0 Å². The highest BCUT2D eigenvalue weighted by Gasteiger charge is 2.23. The maximum atomic E-state index is 13.5. The van der Waals surface area contributed by atoms with Crippen molar-refractivity contribution in [2.75, 3.05) is 49.1 Å². The highest BCUT2D eigenvalue weighted by Crippen LogP contribution is 2.39. The molecule has 0 bridgehead atoms. The molecule has 0 spiro atoms. The third kappa shape index (κ3) is 8.04. The molecule has 0 fully saturated rings. The lowest BCUT2D eigenvalue weighted by Crippen LogP contribution is -2.36. The number of anilines is 3. The molecule has 1 amide bonds. The number of ether oxygens (including phenoxy) is 1. The number of nitrogens with zero attached hydrogens (tertiary/aromatic N) is 3. The van der Waals surface area contributed by atoms with Crippen molar-refractivity contribution in [3.8, 4) is 5.75 Å². The normalized spacial score (nSPS) is 13.5. The molecule has 2 aromatic carbocycles. The minimum Gasteiger partial charge on any atom is -0.492 e. The van der Waals surface area contributed by atoms with Crippen LogP contribution in [0.15, 0.2) is 54.9 Å². The summed E-state index contributed by atoms with van der Waals surface area (Å²) in [6.45, 7) is 8.91. The fourth-order valence-electron chi connectivity index (χ4n) is 4.52. The van der Waals surface area contributed by atoms with Crippen molar-refractivity contribution in [2.45, 2.75) is 39.5 Å². The van der Waals surface area contributed by atoms with Gasteiger partial charge in [0.1, 0.15) is 0 Å². The number of hydrazine groups is 2. The van der Waals surface area contributed by atoms with Gasteiger partial charge >= 0.3 is 0 Å². The number of methoxy groups -OCH3 is 1. The first kappa shape index (κ1) is 31.8. The zero-order valence-corrected chi connectivity index (χ0v) is 26.8. The molecular formula is C31H41N7O4S. The second-order valence-corrected chi connectivity index (χ2v) is 13.7. The molecule has 0 atom stereocenters. The zero-order chi connectivity index (χ0) is 31.5. The van der Waals surface area contributed by atoms with Gasteiger partial charge in [0.05, 0.1) is 36.1 Å². The maximum Gasteiger partial charge on any atom is 0.255 e. The van der Waals surface area contributed by atoms with Crippen LogP contribution < -0.4 is 30.7 Å². The monoisotopic (exact) mass is 607 g/mol. The van der Waals surface area contributed by atoms with Crippen LogP contribution in [0.4, 0.5) is 17.1 Å². The van der Waals surface area contributed by atoms with E-state index in [1.807, 2.05) is 77.4 Å². The van der Waals surface area contributed by atoms with Crippen molar-refractivity contribution in [1.82, 2.24) is 20.8 Å². The molecule has 0 unspecified atom stereocenters. The standard InChI is InChI=1S/C31H41N7O4S/c1-20-9-10-21(15-28(20)38-19-27(34-36-38)22-11-12-24(32-18-22)13-14-37(5)6)30(39)33-25-16-23(31(2,3)4)17-26(29(25)42-7)35-43(8,40)41/h9-12,15-19,34-36H,13-14H2,1-8H3,(H,33,39). The van der Waals surface area contributed by atoms with Gasteiger partial charge in [-0.2, -0.15) is 0 Å². The Morgan fingerprint density at radius 3 is 2.42 bits per heavy atom. The van der Waals surface area contributed by atoms with E-state index in [0.717, 1.165) is 53.0 Å². The number of benzene rings is 2.